The number of hydrogen-bond acceptors (Lipinski definition) is 4. The van der Waals surface area contributed by atoms with Crippen LogP contribution in [0.5, 0.6) is 0 Å². The molecular formula is C12H19BrN4. The first kappa shape index (κ1) is 12.8. The van der Waals surface area contributed by atoms with Gasteiger partial charge in [0.05, 0.1) is 4.47 Å². The zero-order valence-electron chi connectivity index (χ0n) is 10.2. The topological polar surface area (TPSA) is 41.0 Å². The van der Waals surface area contributed by atoms with Gasteiger partial charge in [0.2, 0.25) is 5.95 Å². The van der Waals surface area contributed by atoms with Gasteiger partial charge in [0.1, 0.15) is 0 Å². The summed E-state index contributed by atoms with van der Waals surface area (Å²) in [5.41, 5.74) is 0. The number of hydrogen-bond donors (Lipinski definition) is 1. The molecule has 1 aromatic rings. The van der Waals surface area contributed by atoms with Crippen LogP contribution < -0.4 is 5.32 Å². The van der Waals surface area contributed by atoms with Gasteiger partial charge >= 0.3 is 0 Å². The molecule has 4 nitrogen and oxygen atoms in total. The second-order valence-corrected chi connectivity index (χ2v) is 5.49. The summed E-state index contributed by atoms with van der Waals surface area (Å²) in [4.78, 5) is 10.8. The SMILES string of the molecule is CN(CCNc1ncc(Br)cn1)C1CCCC1. The Labute approximate surface area is 111 Å². The van der Waals surface area contributed by atoms with Crippen LogP contribution in [0.1, 0.15) is 25.7 Å². The van der Waals surface area contributed by atoms with Crippen LogP contribution >= 0.6 is 15.9 Å². The van der Waals surface area contributed by atoms with Crippen molar-refractivity contribution in [3.8, 4) is 0 Å². The lowest BCUT2D eigenvalue weighted by molar-refractivity contribution is 0.254. The average molecular weight is 299 g/mol. The minimum Gasteiger partial charge on any atom is -0.353 e. The molecule has 1 heterocycles. The molecule has 0 radical (unpaired) electrons. The fourth-order valence-electron chi connectivity index (χ4n) is 2.28. The number of nitrogens with one attached hydrogen (secondary N) is 1. The Morgan fingerprint density at radius 3 is 2.65 bits per heavy atom. The number of halogens is 1. The van der Waals surface area contributed by atoms with E-state index >= 15 is 0 Å². The van der Waals surface area contributed by atoms with Crippen molar-refractivity contribution in [1.29, 1.82) is 0 Å². The summed E-state index contributed by atoms with van der Waals surface area (Å²) in [6.45, 7) is 1.94. The van der Waals surface area contributed by atoms with Crippen LogP contribution in [0, 0.1) is 0 Å². The Hall–Kier alpha value is -0.680. The first-order valence-electron chi connectivity index (χ1n) is 6.17. The molecule has 1 aliphatic carbocycles. The number of anilines is 1. The molecule has 17 heavy (non-hydrogen) atoms. The maximum absolute atomic E-state index is 4.19. The predicted molar refractivity (Wildman–Crippen MR) is 73.1 cm³/mol. The molecule has 5 heteroatoms. The fourth-order valence-corrected chi connectivity index (χ4v) is 2.48. The largest absolute Gasteiger partial charge is 0.353 e. The molecular weight excluding hydrogens is 280 g/mol. The second-order valence-electron chi connectivity index (χ2n) is 4.57. The molecule has 0 atom stereocenters. The van der Waals surface area contributed by atoms with Gasteiger partial charge in [0, 0.05) is 31.5 Å². The van der Waals surface area contributed by atoms with Gasteiger partial charge in [-0.05, 0) is 35.8 Å². The normalized spacial score (nSPS) is 16.6. The molecule has 0 unspecified atom stereocenters. The third kappa shape index (κ3) is 3.92. The van der Waals surface area contributed by atoms with Crippen molar-refractivity contribution < 1.29 is 0 Å². The second kappa shape index (κ2) is 6.31. The van der Waals surface area contributed by atoms with Crippen molar-refractivity contribution in [3.63, 3.8) is 0 Å². The molecule has 0 aliphatic heterocycles. The summed E-state index contributed by atoms with van der Waals surface area (Å²) >= 11 is 3.32. The molecule has 0 saturated heterocycles. The summed E-state index contributed by atoms with van der Waals surface area (Å²) in [5.74, 6) is 0.702. The van der Waals surface area contributed by atoms with Gasteiger partial charge in [0.25, 0.3) is 0 Å². The summed E-state index contributed by atoms with van der Waals surface area (Å²) in [6.07, 6.45) is 9.00. The predicted octanol–water partition coefficient (Wildman–Crippen LogP) is 2.53. The van der Waals surface area contributed by atoms with Crippen molar-refractivity contribution in [2.75, 3.05) is 25.5 Å². The highest BCUT2D eigenvalue weighted by atomic mass is 79.9. The Kier molecular flexibility index (Phi) is 4.74. The first-order chi connectivity index (χ1) is 8.25. The van der Waals surface area contributed by atoms with Crippen molar-refractivity contribution in [1.82, 2.24) is 14.9 Å². The maximum atomic E-state index is 4.19. The van der Waals surface area contributed by atoms with Crippen molar-refractivity contribution >= 4 is 21.9 Å². The summed E-state index contributed by atoms with van der Waals surface area (Å²) in [7, 11) is 2.21. The monoisotopic (exact) mass is 298 g/mol. The third-order valence-electron chi connectivity index (χ3n) is 3.32. The van der Waals surface area contributed by atoms with Crippen LogP contribution in [0.4, 0.5) is 5.95 Å². The van der Waals surface area contributed by atoms with E-state index in [1.807, 2.05) is 0 Å². The minimum atomic E-state index is 0.702. The molecule has 94 valence electrons. The number of aromatic nitrogens is 2. The Bertz CT molecular complexity index is 335. The van der Waals surface area contributed by atoms with Crippen molar-refractivity contribution in [2.24, 2.45) is 0 Å². The van der Waals surface area contributed by atoms with Gasteiger partial charge < -0.3 is 10.2 Å². The van der Waals surface area contributed by atoms with E-state index in [1.54, 1.807) is 12.4 Å². The van der Waals surface area contributed by atoms with E-state index in [1.165, 1.54) is 25.7 Å². The van der Waals surface area contributed by atoms with Crippen molar-refractivity contribution in [3.05, 3.63) is 16.9 Å². The summed E-state index contributed by atoms with van der Waals surface area (Å²) in [6, 6.07) is 0.780. The van der Waals surface area contributed by atoms with E-state index in [2.05, 4.69) is 43.2 Å². The van der Waals surface area contributed by atoms with Gasteiger partial charge in [-0.1, -0.05) is 12.8 Å². The van der Waals surface area contributed by atoms with Crippen LogP contribution in [-0.2, 0) is 0 Å². The van der Waals surface area contributed by atoms with Crippen LogP contribution in [0.3, 0.4) is 0 Å². The summed E-state index contributed by atoms with van der Waals surface area (Å²) in [5, 5.41) is 3.24. The zero-order chi connectivity index (χ0) is 12.1. The molecule has 2 rings (SSSR count). The van der Waals surface area contributed by atoms with E-state index in [-0.39, 0.29) is 0 Å². The highest BCUT2D eigenvalue weighted by molar-refractivity contribution is 9.10. The standard InChI is InChI=1S/C12H19BrN4/c1-17(11-4-2-3-5-11)7-6-14-12-15-8-10(13)9-16-12/h8-9,11H,2-7H2,1H3,(H,14,15,16). The minimum absolute atomic E-state index is 0.702. The van der Waals surface area contributed by atoms with Crippen LogP contribution in [-0.4, -0.2) is 41.0 Å². The van der Waals surface area contributed by atoms with Gasteiger partial charge in [-0.2, -0.15) is 0 Å². The maximum Gasteiger partial charge on any atom is 0.222 e. The molecule has 0 spiro atoms. The van der Waals surface area contributed by atoms with Crippen LogP contribution in [0.2, 0.25) is 0 Å². The number of likely N-dealkylation sites (N-methyl/N-ethyl adjacent to an activating group) is 1. The lowest BCUT2D eigenvalue weighted by atomic mass is 10.2. The lowest BCUT2D eigenvalue weighted by Gasteiger charge is -2.23. The molecule has 1 aliphatic rings. The third-order valence-corrected chi connectivity index (χ3v) is 3.73. The first-order valence-corrected chi connectivity index (χ1v) is 6.96. The van der Waals surface area contributed by atoms with E-state index < -0.39 is 0 Å². The van der Waals surface area contributed by atoms with Gasteiger partial charge in [0.15, 0.2) is 0 Å². The van der Waals surface area contributed by atoms with E-state index in [0.29, 0.717) is 5.95 Å². The van der Waals surface area contributed by atoms with E-state index in [9.17, 15) is 0 Å². The average Bonchev–Trinajstić information content (AvgIpc) is 2.85. The van der Waals surface area contributed by atoms with Gasteiger partial charge in [-0.3, -0.25) is 0 Å². The molecule has 1 aromatic heterocycles. The molecule has 1 saturated carbocycles. The number of rotatable bonds is 5. The smallest absolute Gasteiger partial charge is 0.222 e. The van der Waals surface area contributed by atoms with Gasteiger partial charge in [-0.25, -0.2) is 9.97 Å². The van der Waals surface area contributed by atoms with Crippen molar-refractivity contribution in [2.45, 2.75) is 31.7 Å². The molecule has 0 aromatic carbocycles. The molecule has 1 fully saturated rings. The molecule has 1 N–H and O–H groups in total. The van der Waals surface area contributed by atoms with Gasteiger partial charge in [-0.15, -0.1) is 0 Å². The molecule has 0 amide bonds. The quantitative estimate of drug-likeness (QED) is 0.907. The lowest BCUT2D eigenvalue weighted by Crippen LogP contribution is -2.33. The fraction of sp³-hybridized carbons (Fsp3) is 0.667. The Morgan fingerprint density at radius 1 is 1.35 bits per heavy atom. The zero-order valence-corrected chi connectivity index (χ0v) is 11.8. The Morgan fingerprint density at radius 2 is 2.00 bits per heavy atom. The van der Waals surface area contributed by atoms with E-state index in [4.69, 9.17) is 0 Å². The van der Waals surface area contributed by atoms with Crippen LogP contribution in [0.25, 0.3) is 0 Å². The van der Waals surface area contributed by atoms with E-state index in [0.717, 1.165) is 23.6 Å². The highest BCUT2D eigenvalue weighted by Crippen LogP contribution is 2.21. The summed E-state index contributed by atoms with van der Waals surface area (Å²) < 4.78 is 0.908. The molecule has 0 bridgehead atoms. The Balaban J connectivity index is 1.70. The number of nitrogens with zero attached hydrogens (tertiary/aromatic N) is 3. The van der Waals surface area contributed by atoms with Crippen LogP contribution in [0.15, 0.2) is 16.9 Å². The highest BCUT2D eigenvalue weighted by Gasteiger charge is 2.18.